The van der Waals surface area contributed by atoms with Crippen LogP contribution in [0.4, 0.5) is 4.79 Å². The van der Waals surface area contributed by atoms with E-state index in [2.05, 4.69) is 5.32 Å². The van der Waals surface area contributed by atoms with Gasteiger partial charge in [0.2, 0.25) is 0 Å². The number of hydrogen-bond donors (Lipinski definition) is 1. The van der Waals surface area contributed by atoms with Crippen LogP contribution in [0.15, 0.2) is 30.3 Å². The molecule has 1 aliphatic rings. The van der Waals surface area contributed by atoms with E-state index in [1.54, 1.807) is 31.2 Å². The number of hydrogen-bond acceptors (Lipinski definition) is 4. The highest BCUT2D eigenvalue weighted by atomic mass is 32.2. The smallest absolute Gasteiger partial charge is 0.337 e. The molecule has 1 aromatic carbocycles. The molecule has 0 radical (unpaired) electrons. The van der Waals surface area contributed by atoms with Crippen LogP contribution in [0.5, 0.6) is 5.75 Å². The molecule has 0 saturated carbocycles. The molecular formula is C11H11NO3S. The maximum atomic E-state index is 11.8. The second-order valence-electron chi connectivity index (χ2n) is 3.74. The predicted molar refractivity (Wildman–Crippen MR) is 61.5 cm³/mol. The first kappa shape index (κ1) is 11.0. The Kier molecular flexibility index (Phi) is 2.87. The molecular weight excluding hydrogens is 226 g/mol. The molecule has 0 unspecified atom stereocenters. The Labute approximate surface area is 97.4 Å². The van der Waals surface area contributed by atoms with Crippen molar-refractivity contribution in [3.8, 4) is 5.75 Å². The Morgan fingerprint density at radius 1 is 1.44 bits per heavy atom. The van der Waals surface area contributed by atoms with E-state index in [0.29, 0.717) is 11.5 Å². The van der Waals surface area contributed by atoms with Gasteiger partial charge in [-0.15, -0.1) is 0 Å². The highest BCUT2D eigenvalue weighted by molar-refractivity contribution is 8.14. The third kappa shape index (κ3) is 2.19. The van der Waals surface area contributed by atoms with E-state index in [0.717, 1.165) is 11.8 Å². The minimum atomic E-state index is -0.919. The fraction of sp³-hybridized carbons (Fsp3) is 0.273. The zero-order valence-corrected chi connectivity index (χ0v) is 9.54. The Bertz CT molecular complexity index is 420. The van der Waals surface area contributed by atoms with Gasteiger partial charge in [-0.25, -0.2) is 4.79 Å². The van der Waals surface area contributed by atoms with Gasteiger partial charge in [0.25, 0.3) is 5.24 Å². The van der Waals surface area contributed by atoms with Crippen molar-refractivity contribution >= 4 is 23.0 Å². The molecule has 1 saturated heterocycles. The van der Waals surface area contributed by atoms with Crippen molar-refractivity contribution in [3.63, 3.8) is 0 Å². The summed E-state index contributed by atoms with van der Waals surface area (Å²) in [6.07, 6.45) is 0. The molecule has 84 valence electrons. The Balaban J connectivity index is 2.06. The zero-order chi connectivity index (χ0) is 11.6. The third-order valence-corrected chi connectivity index (χ3v) is 3.36. The molecule has 1 atom stereocenters. The van der Waals surface area contributed by atoms with Crippen LogP contribution in [0, 0.1) is 0 Å². The maximum absolute atomic E-state index is 11.8. The lowest BCUT2D eigenvalue weighted by atomic mass is 10.1. The van der Waals surface area contributed by atoms with Crippen LogP contribution >= 0.6 is 11.8 Å². The topological polar surface area (TPSA) is 55.4 Å². The standard InChI is InChI=1S/C11H11NO3S/c1-11(7-16-10(14)12-11)9(13)15-8-5-3-2-4-6-8/h2-6H,7H2,1H3,(H,12,14)/t11-/m1/s1. The average molecular weight is 237 g/mol. The molecule has 4 nitrogen and oxygen atoms in total. The predicted octanol–water partition coefficient (Wildman–Crippen LogP) is 1.81. The molecule has 2 rings (SSSR count). The molecule has 1 heterocycles. The van der Waals surface area contributed by atoms with Crippen molar-refractivity contribution in [2.24, 2.45) is 0 Å². The van der Waals surface area contributed by atoms with Crippen LogP contribution in [0.25, 0.3) is 0 Å². The van der Waals surface area contributed by atoms with Gasteiger partial charge in [-0.3, -0.25) is 4.79 Å². The van der Waals surface area contributed by atoms with Crippen LogP contribution in [0.3, 0.4) is 0 Å². The molecule has 1 amide bonds. The first-order valence-corrected chi connectivity index (χ1v) is 5.81. The first-order chi connectivity index (χ1) is 7.60. The van der Waals surface area contributed by atoms with Crippen LogP contribution in [0.2, 0.25) is 0 Å². The number of nitrogens with one attached hydrogen (secondary N) is 1. The zero-order valence-electron chi connectivity index (χ0n) is 8.73. The third-order valence-electron chi connectivity index (χ3n) is 2.27. The fourth-order valence-electron chi connectivity index (χ4n) is 1.33. The summed E-state index contributed by atoms with van der Waals surface area (Å²) in [5, 5.41) is 2.41. The lowest BCUT2D eigenvalue weighted by Gasteiger charge is -2.20. The maximum Gasteiger partial charge on any atom is 0.337 e. The number of thioether (sulfide) groups is 1. The summed E-state index contributed by atoms with van der Waals surface area (Å²) in [5.41, 5.74) is -0.919. The van der Waals surface area contributed by atoms with Crippen molar-refractivity contribution in [2.75, 3.05) is 5.75 Å². The van der Waals surface area contributed by atoms with Crippen molar-refractivity contribution in [3.05, 3.63) is 30.3 Å². The largest absolute Gasteiger partial charge is 0.425 e. The second-order valence-corrected chi connectivity index (χ2v) is 4.68. The van der Waals surface area contributed by atoms with Crippen LogP contribution < -0.4 is 10.1 Å². The van der Waals surface area contributed by atoms with E-state index in [4.69, 9.17) is 4.74 Å². The molecule has 1 aromatic rings. The molecule has 5 heteroatoms. The van der Waals surface area contributed by atoms with Gasteiger partial charge in [-0.05, 0) is 19.1 Å². The van der Waals surface area contributed by atoms with Crippen molar-refractivity contribution in [2.45, 2.75) is 12.5 Å². The molecule has 1 fully saturated rings. The summed E-state index contributed by atoms with van der Waals surface area (Å²) in [5.74, 6) is 0.453. The highest BCUT2D eigenvalue weighted by Crippen LogP contribution is 2.24. The highest BCUT2D eigenvalue weighted by Gasteiger charge is 2.42. The minimum Gasteiger partial charge on any atom is -0.425 e. The number of esters is 1. The average Bonchev–Trinajstić information content (AvgIpc) is 2.61. The number of rotatable bonds is 2. The summed E-state index contributed by atoms with van der Waals surface area (Å²) >= 11 is 1.09. The summed E-state index contributed by atoms with van der Waals surface area (Å²) < 4.78 is 5.18. The fourth-order valence-corrected chi connectivity index (χ4v) is 2.23. The molecule has 0 aromatic heterocycles. The monoisotopic (exact) mass is 237 g/mol. The van der Waals surface area contributed by atoms with Crippen molar-refractivity contribution < 1.29 is 14.3 Å². The van der Waals surface area contributed by atoms with Gasteiger partial charge in [-0.2, -0.15) is 0 Å². The van der Waals surface area contributed by atoms with E-state index in [-0.39, 0.29) is 5.24 Å². The summed E-state index contributed by atoms with van der Waals surface area (Å²) in [6, 6.07) is 8.81. The normalized spacial score (nSPS) is 23.9. The van der Waals surface area contributed by atoms with Crippen molar-refractivity contribution in [1.29, 1.82) is 0 Å². The quantitative estimate of drug-likeness (QED) is 0.629. The second kappa shape index (κ2) is 4.17. The van der Waals surface area contributed by atoms with Gasteiger partial charge in [0.15, 0.2) is 0 Å². The van der Waals surface area contributed by atoms with Gasteiger partial charge < -0.3 is 10.1 Å². The van der Waals surface area contributed by atoms with Crippen LogP contribution in [0.1, 0.15) is 6.92 Å². The number of carbonyl (C=O) groups is 2. The molecule has 0 aliphatic carbocycles. The Hall–Kier alpha value is -1.49. The summed E-state index contributed by atoms with van der Waals surface area (Å²) in [6.45, 7) is 1.66. The van der Waals surface area contributed by atoms with Gasteiger partial charge in [-0.1, -0.05) is 30.0 Å². The number of para-hydroxylation sites is 1. The summed E-state index contributed by atoms with van der Waals surface area (Å²) in [4.78, 5) is 22.9. The molecule has 1 aliphatic heterocycles. The van der Waals surface area contributed by atoms with E-state index in [1.165, 1.54) is 0 Å². The van der Waals surface area contributed by atoms with Gasteiger partial charge >= 0.3 is 5.97 Å². The van der Waals surface area contributed by atoms with E-state index >= 15 is 0 Å². The van der Waals surface area contributed by atoms with Gasteiger partial charge in [0.05, 0.1) is 0 Å². The first-order valence-electron chi connectivity index (χ1n) is 4.82. The lowest BCUT2D eigenvalue weighted by molar-refractivity contribution is -0.139. The number of carbonyl (C=O) groups excluding carboxylic acids is 2. The van der Waals surface area contributed by atoms with Crippen molar-refractivity contribution in [1.82, 2.24) is 5.32 Å². The number of ether oxygens (including phenoxy) is 1. The molecule has 0 spiro atoms. The van der Waals surface area contributed by atoms with Gasteiger partial charge in [0.1, 0.15) is 11.3 Å². The van der Waals surface area contributed by atoms with E-state index < -0.39 is 11.5 Å². The SMILES string of the molecule is C[C@]1(C(=O)Oc2ccccc2)CSC(=O)N1. The van der Waals surface area contributed by atoms with E-state index in [9.17, 15) is 9.59 Å². The Morgan fingerprint density at radius 3 is 2.69 bits per heavy atom. The molecule has 1 N–H and O–H groups in total. The summed E-state index contributed by atoms with van der Waals surface area (Å²) in [7, 11) is 0. The van der Waals surface area contributed by atoms with Crippen LogP contribution in [-0.2, 0) is 4.79 Å². The molecule has 0 bridgehead atoms. The number of benzene rings is 1. The lowest BCUT2D eigenvalue weighted by Crippen LogP contribution is -2.50. The molecule has 16 heavy (non-hydrogen) atoms. The number of amides is 1. The van der Waals surface area contributed by atoms with Gasteiger partial charge in [0, 0.05) is 5.75 Å². The Morgan fingerprint density at radius 2 is 2.12 bits per heavy atom. The minimum absolute atomic E-state index is 0.187. The van der Waals surface area contributed by atoms with E-state index in [1.807, 2.05) is 6.07 Å². The van der Waals surface area contributed by atoms with Crippen LogP contribution in [-0.4, -0.2) is 22.5 Å².